The monoisotopic (exact) mass is 517 g/mol. The lowest BCUT2D eigenvalue weighted by molar-refractivity contribution is 0.136. The van der Waals surface area contributed by atoms with Crippen molar-refractivity contribution in [3.63, 3.8) is 0 Å². The number of para-hydroxylation sites is 1. The van der Waals surface area contributed by atoms with Gasteiger partial charge in [0.2, 0.25) is 5.95 Å². The molecule has 0 amide bonds. The van der Waals surface area contributed by atoms with Gasteiger partial charge in [-0.3, -0.25) is 0 Å². The number of nitrogens with zero attached hydrogens (tertiary/aromatic N) is 2. The number of nitrogens with one attached hydrogen (secondary N) is 2. The fourth-order valence-electron chi connectivity index (χ4n) is 4.44. The van der Waals surface area contributed by atoms with Crippen molar-refractivity contribution in [2.45, 2.75) is 35.3 Å². The van der Waals surface area contributed by atoms with Crippen LogP contribution < -0.4 is 16.4 Å². The van der Waals surface area contributed by atoms with Crippen molar-refractivity contribution >= 4 is 34.4 Å². The molecule has 0 saturated carbocycles. The summed E-state index contributed by atoms with van der Waals surface area (Å²) in [4.78, 5) is 8.72. The molecule has 4 N–H and O–H groups in total. The summed E-state index contributed by atoms with van der Waals surface area (Å²) in [6.07, 6.45) is 10.4. The van der Waals surface area contributed by atoms with Crippen LogP contribution in [0.4, 0.5) is 17.5 Å². The Hall–Kier alpha value is -2.52. The zero-order valence-electron chi connectivity index (χ0n) is 20.1. The molecule has 0 spiro atoms. The SMILES string of the molecule is COC1(P2(=O)CCNCC2)C=CC(c2cnc(N)nc2Nc2ccccc2S(=O)(=O)C(C)C)C=C1. The summed E-state index contributed by atoms with van der Waals surface area (Å²) in [5, 5.41) is 4.91. The molecule has 35 heavy (non-hydrogen) atoms. The largest absolute Gasteiger partial charge is 0.368 e. The number of aromatic nitrogens is 2. The zero-order chi connectivity index (χ0) is 25.3. The molecule has 2 heterocycles. The van der Waals surface area contributed by atoms with E-state index < -0.39 is 27.6 Å². The highest BCUT2D eigenvalue weighted by Crippen LogP contribution is 2.61. The Bertz CT molecular complexity index is 1280. The lowest BCUT2D eigenvalue weighted by Crippen LogP contribution is -2.39. The molecule has 0 radical (unpaired) electrons. The lowest BCUT2D eigenvalue weighted by Gasteiger charge is -2.39. The van der Waals surface area contributed by atoms with Crippen LogP contribution in [-0.2, 0) is 19.1 Å². The van der Waals surface area contributed by atoms with E-state index in [9.17, 15) is 13.0 Å². The molecule has 1 saturated heterocycles. The average Bonchev–Trinajstić information content (AvgIpc) is 2.85. The molecule has 2 aromatic rings. The van der Waals surface area contributed by atoms with Crippen LogP contribution in [0.3, 0.4) is 0 Å². The van der Waals surface area contributed by atoms with Gasteiger partial charge in [-0.2, -0.15) is 4.98 Å². The molecule has 4 rings (SSSR count). The predicted octanol–water partition coefficient (Wildman–Crippen LogP) is 3.50. The second-order valence-electron chi connectivity index (χ2n) is 9.03. The van der Waals surface area contributed by atoms with Crippen LogP contribution in [0.1, 0.15) is 25.3 Å². The number of nitrogen functional groups attached to an aromatic ring is 1. The molecule has 0 unspecified atom stereocenters. The quantitative estimate of drug-likeness (QED) is 0.372. The van der Waals surface area contributed by atoms with Crippen LogP contribution in [0, 0.1) is 0 Å². The average molecular weight is 518 g/mol. The molecule has 1 fully saturated rings. The first-order chi connectivity index (χ1) is 16.6. The molecule has 188 valence electrons. The van der Waals surface area contributed by atoms with Gasteiger partial charge in [0.15, 0.2) is 15.2 Å². The second-order valence-corrected chi connectivity index (χ2v) is 14.9. The number of hydrogen-bond donors (Lipinski definition) is 3. The summed E-state index contributed by atoms with van der Waals surface area (Å²) >= 11 is 0. The van der Waals surface area contributed by atoms with Crippen molar-refractivity contribution in [2.75, 3.05) is 43.6 Å². The van der Waals surface area contributed by atoms with Crippen molar-refractivity contribution in [2.24, 2.45) is 0 Å². The Kier molecular flexibility index (Phi) is 7.20. The first-order valence-electron chi connectivity index (χ1n) is 11.6. The van der Waals surface area contributed by atoms with Crippen molar-refractivity contribution in [3.8, 4) is 0 Å². The number of benzene rings is 1. The number of sulfone groups is 1. The predicted molar refractivity (Wildman–Crippen MR) is 139 cm³/mol. The van der Waals surface area contributed by atoms with Crippen LogP contribution in [0.25, 0.3) is 0 Å². The van der Waals surface area contributed by atoms with E-state index in [0.717, 1.165) is 0 Å². The maximum absolute atomic E-state index is 13.7. The molecule has 1 aliphatic heterocycles. The number of ether oxygens (including phenoxy) is 1. The van der Waals surface area contributed by atoms with Crippen LogP contribution in [0.5, 0.6) is 0 Å². The van der Waals surface area contributed by atoms with Crippen molar-refractivity contribution in [1.82, 2.24) is 15.3 Å². The Morgan fingerprint density at radius 1 is 1.20 bits per heavy atom. The Morgan fingerprint density at radius 3 is 2.49 bits per heavy atom. The van der Waals surface area contributed by atoms with Gasteiger partial charge >= 0.3 is 0 Å². The normalized spacial score (nSPS) is 23.9. The van der Waals surface area contributed by atoms with Crippen LogP contribution in [-0.4, -0.2) is 61.5 Å². The van der Waals surface area contributed by atoms with Gasteiger partial charge in [-0.05, 0) is 38.1 Å². The number of methoxy groups -OCH3 is 1. The molecular formula is C24H32N5O4PS. The highest BCUT2D eigenvalue weighted by molar-refractivity contribution is 7.92. The van der Waals surface area contributed by atoms with Crippen molar-refractivity contribution in [1.29, 1.82) is 0 Å². The van der Waals surface area contributed by atoms with Crippen LogP contribution in [0.15, 0.2) is 59.7 Å². The van der Waals surface area contributed by atoms with Gasteiger partial charge in [0.25, 0.3) is 0 Å². The van der Waals surface area contributed by atoms with Crippen molar-refractivity contribution in [3.05, 3.63) is 60.3 Å². The fraction of sp³-hybridized carbons (Fsp3) is 0.417. The number of hydrogen-bond acceptors (Lipinski definition) is 9. The maximum atomic E-state index is 13.7. The van der Waals surface area contributed by atoms with Gasteiger partial charge in [0.05, 0.1) is 15.8 Å². The van der Waals surface area contributed by atoms with E-state index in [1.165, 1.54) is 0 Å². The summed E-state index contributed by atoms with van der Waals surface area (Å²) in [6.45, 7) is 4.69. The van der Waals surface area contributed by atoms with Gasteiger partial charge in [-0.15, -0.1) is 0 Å². The number of anilines is 3. The van der Waals surface area contributed by atoms with Crippen LogP contribution in [0.2, 0.25) is 0 Å². The first kappa shape index (κ1) is 25.6. The lowest BCUT2D eigenvalue weighted by atomic mass is 9.95. The molecular weight excluding hydrogens is 485 g/mol. The first-order valence-corrected chi connectivity index (χ1v) is 15.2. The third-order valence-electron chi connectivity index (χ3n) is 6.61. The third kappa shape index (κ3) is 4.80. The van der Waals surface area contributed by atoms with E-state index in [4.69, 9.17) is 10.5 Å². The number of nitrogens with two attached hydrogens (primary N) is 1. The van der Waals surface area contributed by atoms with E-state index in [-0.39, 0.29) is 16.8 Å². The fourth-order valence-corrected chi connectivity index (χ4v) is 8.65. The Morgan fingerprint density at radius 2 is 1.86 bits per heavy atom. The third-order valence-corrected chi connectivity index (χ3v) is 12.5. The smallest absolute Gasteiger partial charge is 0.221 e. The van der Waals surface area contributed by atoms with E-state index in [1.807, 2.05) is 24.3 Å². The molecule has 1 aromatic carbocycles. The number of rotatable bonds is 7. The molecule has 0 atom stereocenters. The topological polar surface area (TPSA) is 136 Å². The zero-order valence-corrected chi connectivity index (χ0v) is 21.9. The summed E-state index contributed by atoms with van der Waals surface area (Å²) in [7, 11) is -4.58. The summed E-state index contributed by atoms with van der Waals surface area (Å²) < 4.78 is 45.4. The molecule has 0 bridgehead atoms. The molecule has 1 aliphatic carbocycles. The highest BCUT2D eigenvalue weighted by Gasteiger charge is 2.46. The highest BCUT2D eigenvalue weighted by atomic mass is 32.2. The van der Waals surface area contributed by atoms with Crippen LogP contribution >= 0.6 is 7.14 Å². The minimum Gasteiger partial charge on any atom is -0.368 e. The minimum absolute atomic E-state index is 0.0644. The number of allylic oxidation sites excluding steroid dienone is 2. The molecule has 2 aliphatic rings. The van der Waals surface area contributed by atoms with E-state index in [1.54, 1.807) is 51.4 Å². The standard InChI is InChI=1S/C24H32N5O4PS/c1-17(2)35(31,32)21-7-5-4-6-20(21)28-22-19(16-27-23(25)29-22)18-8-10-24(33-3,11-9-18)34(30)14-12-26-13-15-34/h4-11,16-18,26H,12-15H2,1-3H3,(H3,25,27,28,29). The summed E-state index contributed by atoms with van der Waals surface area (Å²) in [5.41, 5.74) is 7.00. The summed E-state index contributed by atoms with van der Waals surface area (Å²) in [6, 6.07) is 6.72. The maximum Gasteiger partial charge on any atom is 0.221 e. The Labute approximate surface area is 206 Å². The molecule has 1 aromatic heterocycles. The van der Waals surface area contributed by atoms with E-state index in [0.29, 0.717) is 42.5 Å². The second kappa shape index (κ2) is 9.85. The molecule has 11 heteroatoms. The van der Waals surface area contributed by atoms with Gasteiger partial charge in [0, 0.05) is 50.2 Å². The Balaban J connectivity index is 1.69. The van der Waals surface area contributed by atoms with Gasteiger partial charge in [-0.1, -0.05) is 24.3 Å². The molecule has 9 nitrogen and oxygen atoms in total. The van der Waals surface area contributed by atoms with Gasteiger partial charge in [0.1, 0.15) is 13.0 Å². The summed E-state index contributed by atoms with van der Waals surface area (Å²) in [5.74, 6) is 0.223. The van der Waals surface area contributed by atoms with Gasteiger partial charge in [-0.25, -0.2) is 13.4 Å². The van der Waals surface area contributed by atoms with Gasteiger partial charge < -0.3 is 25.7 Å². The van der Waals surface area contributed by atoms with E-state index in [2.05, 4.69) is 20.6 Å². The minimum atomic E-state index is -3.53. The van der Waals surface area contributed by atoms with E-state index >= 15 is 0 Å². The van der Waals surface area contributed by atoms with Crippen molar-refractivity contribution < 1.29 is 17.7 Å².